The van der Waals surface area contributed by atoms with Crippen LogP contribution in [-0.2, 0) is 20.1 Å². The third kappa shape index (κ3) is 3.45. The summed E-state index contributed by atoms with van der Waals surface area (Å²) in [6.45, 7) is 0.957. The molecule has 1 aromatic carbocycles. The molecule has 9 nitrogen and oxygen atoms in total. The molecule has 0 bridgehead atoms. The third-order valence-corrected chi connectivity index (χ3v) is 6.15. The monoisotopic (exact) mass is 440 g/mol. The minimum atomic E-state index is -0.0254. The Morgan fingerprint density at radius 2 is 1.94 bits per heavy atom. The lowest BCUT2D eigenvalue weighted by Crippen LogP contribution is -2.25. The molecule has 4 aromatic heterocycles. The molecule has 33 heavy (non-hydrogen) atoms. The number of imidazole rings is 1. The average Bonchev–Trinajstić information content (AvgIpc) is 3.51. The van der Waals surface area contributed by atoms with Crippen molar-refractivity contribution < 1.29 is 0 Å². The van der Waals surface area contributed by atoms with Crippen LogP contribution in [0.1, 0.15) is 30.3 Å². The molecule has 1 aliphatic carbocycles. The molecule has 0 atom stereocenters. The number of benzene rings is 1. The van der Waals surface area contributed by atoms with Crippen molar-refractivity contribution in [3.8, 4) is 0 Å². The van der Waals surface area contributed by atoms with Crippen molar-refractivity contribution in [1.29, 1.82) is 0 Å². The Balaban J connectivity index is 1.44. The Morgan fingerprint density at radius 3 is 2.73 bits per heavy atom. The Kier molecular flexibility index (Phi) is 4.49. The Hall–Kier alpha value is -4.01. The minimum Gasteiger partial charge on any atom is -0.355 e. The van der Waals surface area contributed by atoms with Gasteiger partial charge in [0, 0.05) is 50.0 Å². The van der Waals surface area contributed by atoms with Gasteiger partial charge in [-0.2, -0.15) is 5.10 Å². The number of aromatic nitrogens is 7. The first-order valence-corrected chi connectivity index (χ1v) is 11.1. The molecule has 0 unspecified atom stereocenters. The van der Waals surface area contributed by atoms with Gasteiger partial charge in [0.2, 0.25) is 0 Å². The summed E-state index contributed by atoms with van der Waals surface area (Å²) in [4.78, 5) is 29.4. The molecule has 0 N–H and O–H groups in total. The van der Waals surface area contributed by atoms with E-state index in [9.17, 15) is 4.79 Å². The molecule has 1 aliphatic rings. The molecule has 6 rings (SSSR count). The van der Waals surface area contributed by atoms with Crippen molar-refractivity contribution in [2.24, 2.45) is 7.05 Å². The zero-order chi connectivity index (χ0) is 22.5. The first-order valence-electron chi connectivity index (χ1n) is 11.1. The van der Waals surface area contributed by atoms with Crippen molar-refractivity contribution in [1.82, 2.24) is 33.9 Å². The number of pyridine rings is 1. The highest BCUT2D eigenvalue weighted by molar-refractivity contribution is 5.89. The van der Waals surface area contributed by atoms with Crippen LogP contribution in [0.3, 0.4) is 0 Å². The van der Waals surface area contributed by atoms with Gasteiger partial charge in [-0.25, -0.2) is 14.8 Å². The summed E-state index contributed by atoms with van der Waals surface area (Å²) < 4.78 is 5.44. The summed E-state index contributed by atoms with van der Waals surface area (Å²) in [5.41, 5.74) is 3.66. The molecule has 5 aromatic rings. The molecule has 1 saturated carbocycles. The number of fused-ring (bicyclic) bond motifs is 2. The van der Waals surface area contributed by atoms with Crippen LogP contribution in [0.5, 0.6) is 0 Å². The van der Waals surface area contributed by atoms with Crippen LogP contribution in [0.25, 0.3) is 21.9 Å². The smallest absolute Gasteiger partial charge is 0.329 e. The Labute approximate surface area is 189 Å². The van der Waals surface area contributed by atoms with E-state index in [-0.39, 0.29) is 11.7 Å². The number of hydrogen-bond donors (Lipinski definition) is 0. The second-order valence-electron chi connectivity index (χ2n) is 8.69. The van der Waals surface area contributed by atoms with Crippen LogP contribution in [0.2, 0.25) is 0 Å². The predicted molar refractivity (Wildman–Crippen MR) is 126 cm³/mol. The highest BCUT2D eigenvalue weighted by Gasteiger charge is 2.29. The highest BCUT2D eigenvalue weighted by atomic mass is 16.1. The molecule has 0 radical (unpaired) electrons. The standard InChI is InChI=1S/C24H24N8O/c1-29(13-16-11-26-30(2)14-16)23-18-5-3-4-6-19(18)27-22(28-23)15-31-21-12-25-10-9-20(21)32(24(31)33)17-7-8-17/h3-6,9-12,14,17H,7-8,13,15H2,1-2H3. The number of para-hydroxylation sites is 1. The zero-order valence-electron chi connectivity index (χ0n) is 18.6. The van der Waals surface area contributed by atoms with E-state index >= 15 is 0 Å². The number of anilines is 1. The number of hydrogen-bond acceptors (Lipinski definition) is 6. The number of aryl methyl sites for hydroxylation is 1. The molecule has 0 amide bonds. The van der Waals surface area contributed by atoms with Gasteiger partial charge in [-0.3, -0.25) is 18.8 Å². The van der Waals surface area contributed by atoms with E-state index in [1.54, 1.807) is 21.6 Å². The maximum Gasteiger partial charge on any atom is 0.329 e. The van der Waals surface area contributed by atoms with E-state index < -0.39 is 0 Å². The first-order chi connectivity index (χ1) is 16.1. The fourth-order valence-electron chi connectivity index (χ4n) is 4.48. The largest absolute Gasteiger partial charge is 0.355 e. The van der Waals surface area contributed by atoms with E-state index in [0.29, 0.717) is 18.9 Å². The van der Waals surface area contributed by atoms with Crippen LogP contribution in [-0.4, -0.2) is 40.9 Å². The van der Waals surface area contributed by atoms with Crippen LogP contribution < -0.4 is 10.6 Å². The van der Waals surface area contributed by atoms with Crippen molar-refractivity contribution in [3.63, 3.8) is 0 Å². The Bertz CT molecular complexity index is 1540. The van der Waals surface area contributed by atoms with Gasteiger partial charge in [0.1, 0.15) is 5.82 Å². The van der Waals surface area contributed by atoms with Crippen LogP contribution in [0, 0.1) is 0 Å². The zero-order valence-corrected chi connectivity index (χ0v) is 18.6. The predicted octanol–water partition coefficient (Wildman–Crippen LogP) is 2.89. The van der Waals surface area contributed by atoms with E-state index in [1.165, 1.54) is 0 Å². The minimum absolute atomic E-state index is 0.0254. The van der Waals surface area contributed by atoms with Crippen LogP contribution in [0.15, 0.2) is 59.9 Å². The second kappa shape index (κ2) is 7.54. The lowest BCUT2D eigenvalue weighted by Gasteiger charge is -2.20. The van der Waals surface area contributed by atoms with Crippen molar-refractivity contribution in [3.05, 3.63) is 77.0 Å². The SMILES string of the molecule is CN(Cc1cnn(C)c1)c1nc(Cn2c(=O)n(C3CC3)c3ccncc32)nc2ccccc12. The molecule has 166 valence electrons. The van der Waals surface area contributed by atoms with Crippen molar-refractivity contribution >= 4 is 27.8 Å². The van der Waals surface area contributed by atoms with Gasteiger partial charge < -0.3 is 4.90 Å². The van der Waals surface area contributed by atoms with Gasteiger partial charge in [0.05, 0.1) is 35.5 Å². The molecule has 0 aliphatic heterocycles. The van der Waals surface area contributed by atoms with Gasteiger partial charge in [-0.15, -0.1) is 0 Å². The van der Waals surface area contributed by atoms with Gasteiger partial charge in [-0.1, -0.05) is 12.1 Å². The Morgan fingerprint density at radius 1 is 1.09 bits per heavy atom. The quantitative estimate of drug-likeness (QED) is 0.404. The van der Waals surface area contributed by atoms with Gasteiger partial charge in [0.15, 0.2) is 5.82 Å². The van der Waals surface area contributed by atoms with Crippen molar-refractivity contribution in [2.45, 2.75) is 32.0 Å². The molecule has 0 spiro atoms. The summed E-state index contributed by atoms with van der Waals surface area (Å²) in [6, 6.07) is 10.2. The molecular formula is C24H24N8O. The fourth-order valence-corrected chi connectivity index (χ4v) is 4.48. The summed E-state index contributed by atoms with van der Waals surface area (Å²) in [6.07, 6.45) is 9.43. The van der Waals surface area contributed by atoms with Gasteiger partial charge in [-0.05, 0) is 31.0 Å². The summed E-state index contributed by atoms with van der Waals surface area (Å²) in [5, 5.41) is 5.24. The molecule has 1 fully saturated rings. The summed E-state index contributed by atoms with van der Waals surface area (Å²) in [5.74, 6) is 1.43. The first kappa shape index (κ1) is 19.7. The average molecular weight is 441 g/mol. The number of nitrogens with zero attached hydrogens (tertiary/aromatic N) is 8. The van der Waals surface area contributed by atoms with Crippen LogP contribution in [0.4, 0.5) is 5.82 Å². The maximum absolute atomic E-state index is 13.3. The molecule has 0 saturated heterocycles. The topological polar surface area (TPSA) is 86.7 Å². The fraction of sp³-hybridized carbons (Fsp3) is 0.292. The lowest BCUT2D eigenvalue weighted by atomic mass is 10.2. The highest BCUT2D eigenvalue weighted by Crippen LogP contribution is 2.36. The summed E-state index contributed by atoms with van der Waals surface area (Å²) in [7, 11) is 3.92. The second-order valence-corrected chi connectivity index (χ2v) is 8.69. The van der Waals surface area contributed by atoms with Gasteiger partial charge in [0.25, 0.3) is 0 Å². The molecular weight excluding hydrogens is 416 g/mol. The van der Waals surface area contributed by atoms with E-state index in [2.05, 4.69) is 15.0 Å². The molecule has 4 heterocycles. The lowest BCUT2D eigenvalue weighted by molar-refractivity contribution is 0.658. The van der Waals surface area contributed by atoms with E-state index in [1.807, 2.05) is 61.4 Å². The third-order valence-electron chi connectivity index (χ3n) is 6.15. The van der Waals surface area contributed by atoms with Crippen LogP contribution >= 0.6 is 0 Å². The van der Waals surface area contributed by atoms with Gasteiger partial charge >= 0.3 is 5.69 Å². The van der Waals surface area contributed by atoms with Crippen molar-refractivity contribution in [2.75, 3.05) is 11.9 Å². The summed E-state index contributed by atoms with van der Waals surface area (Å²) >= 11 is 0. The number of rotatable bonds is 6. The van der Waals surface area contributed by atoms with E-state index in [4.69, 9.17) is 9.97 Å². The maximum atomic E-state index is 13.3. The molecule has 9 heteroatoms. The normalized spacial score (nSPS) is 13.8. The van der Waals surface area contributed by atoms with E-state index in [0.717, 1.165) is 46.2 Å².